The Morgan fingerprint density at radius 3 is 2.24 bits per heavy atom. The van der Waals surface area contributed by atoms with Crippen LogP contribution in [0.5, 0.6) is 0 Å². The summed E-state index contributed by atoms with van der Waals surface area (Å²) in [6.07, 6.45) is -0.0456. The zero-order valence-corrected chi connectivity index (χ0v) is 19.7. The van der Waals surface area contributed by atoms with Crippen LogP contribution in [0, 0.1) is 26.6 Å². The van der Waals surface area contributed by atoms with Gasteiger partial charge in [-0.05, 0) is 79.9 Å². The maximum absolute atomic E-state index is 13.1. The molecule has 0 spiro atoms. The molecular formula is C25H24FN3O4S. The van der Waals surface area contributed by atoms with E-state index in [0.29, 0.717) is 16.9 Å². The minimum Gasteiger partial charge on any atom is -0.373 e. The van der Waals surface area contributed by atoms with Crippen molar-refractivity contribution in [3.05, 3.63) is 83.2 Å². The van der Waals surface area contributed by atoms with Crippen LogP contribution in [0.15, 0.2) is 65.6 Å². The normalized spacial score (nSPS) is 16.1. The number of amides is 2. The molecule has 4 rings (SSSR count). The first-order chi connectivity index (χ1) is 16.0. The second-order valence-corrected chi connectivity index (χ2v) is 10.0. The van der Waals surface area contributed by atoms with Gasteiger partial charge in [0.25, 0.3) is 15.9 Å². The molecule has 2 amide bonds. The summed E-state index contributed by atoms with van der Waals surface area (Å²) in [6, 6.07) is 14.4. The van der Waals surface area contributed by atoms with Crippen molar-refractivity contribution < 1.29 is 22.4 Å². The van der Waals surface area contributed by atoms with Gasteiger partial charge in [-0.3, -0.25) is 14.3 Å². The van der Waals surface area contributed by atoms with Gasteiger partial charge in [0.15, 0.2) is 0 Å². The third-order valence-corrected chi connectivity index (χ3v) is 7.19. The van der Waals surface area contributed by atoms with Gasteiger partial charge in [0.2, 0.25) is 5.91 Å². The van der Waals surface area contributed by atoms with E-state index in [1.54, 1.807) is 25.1 Å². The Morgan fingerprint density at radius 2 is 1.53 bits per heavy atom. The first kappa shape index (κ1) is 23.4. The topological polar surface area (TPSA) is 95.6 Å². The van der Waals surface area contributed by atoms with Crippen LogP contribution in [0.2, 0.25) is 0 Å². The highest BCUT2D eigenvalue weighted by atomic mass is 32.2. The summed E-state index contributed by atoms with van der Waals surface area (Å²) in [6.45, 7) is 5.37. The predicted molar refractivity (Wildman–Crippen MR) is 129 cm³/mol. The maximum Gasteiger partial charge on any atom is 0.262 e. The number of nitrogens with zero attached hydrogens (tertiary/aromatic N) is 1. The van der Waals surface area contributed by atoms with E-state index in [0.717, 1.165) is 23.3 Å². The lowest BCUT2D eigenvalue weighted by atomic mass is 10.1. The Balaban J connectivity index is 1.57. The van der Waals surface area contributed by atoms with Gasteiger partial charge in [-0.25, -0.2) is 17.7 Å². The fourth-order valence-corrected chi connectivity index (χ4v) is 5.20. The lowest BCUT2D eigenvalue weighted by Crippen LogP contribution is -2.35. The molecule has 176 valence electrons. The Morgan fingerprint density at radius 1 is 0.882 bits per heavy atom. The largest absolute Gasteiger partial charge is 0.373 e. The number of nitrogens with one attached hydrogen (secondary N) is 2. The Hall–Kier alpha value is -3.72. The van der Waals surface area contributed by atoms with Crippen molar-refractivity contribution in [2.75, 3.05) is 14.9 Å². The van der Waals surface area contributed by atoms with Crippen molar-refractivity contribution in [1.29, 1.82) is 0 Å². The fraction of sp³-hybridized carbons (Fsp3) is 0.200. The van der Waals surface area contributed by atoms with Crippen molar-refractivity contribution in [1.82, 2.24) is 0 Å². The molecule has 1 saturated heterocycles. The highest BCUT2D eigenvalue weighted by Crippen LogP contribution is 2.30. The molecule has 1 heterocycles. The number of rotatable bonds is 6. The second-order valence-electron chi connectivity index (χ2n) is 8.35. The van der Waals surface area contributed by atoms with Gasteiger partial charge in [-0.15, -0.1) is 0 Å². The van der Waals surface area contributed by atoms with E-state index in [4.69, 9.17) is 0 Å². The smallest absolute Gasteiger partial charge is 0.262 e. The molecule has 0 aliphatic carbocycles. The van der Waals surface area contributed by atoms with Crippen molar-refractivity contribution in [2.45, 2.75) is 38.1 Å². The number of sulfonamides is 1. The number of halogens is 1. The molecule has 0 aromatic heterocycles. The van der Waals surface area contributed by atoms with Crippen LogP contribution in [-0.4, -0.2) is 26.3 Å². The van der Waals surface area contributed by atoms with Gasteiger partial charge < -0.3 is 5.32 Å². The molecule has 1 atom stereocenters. The second kappa shape index (κ2) is 8.90. The minimum absolute atomic E-state index is 0.00461. The van der Waals surface area contributed by atoms with Crippen molar-refractivity contribution in [3.8, 4) is 0 Å². The van der Waals surface area contributed by atoms with Crippen LogP contribution in [0.1, 0.15) is 23.1 Å². The first-order valence-corrected chi connectivity index (χ1v) is 12.1. The van der Waals surface area contributed by atoms with Crippen LogP contribution in [0.3, 0.4) is 0 Å². The van der Waals surface area contributed by atoms with E-state index in [1.165, 1.54) is 23.1 Å². The summed E-state index contributed by atoms with van der Waals surface area (Å²) in [5, 5.41) is 3.01. The lowest BCUT2D eigenvalue weighted by Gasteiger charge is -2.19. The number of anilines is 3. The number of carbonyl (C=O) groups excluding carboxylic acids is 2. The number of benzene rings is 3. The van der Waals surface area contributed by atoms with E-state index in [9.17, 15) is 22.4 Å². The number of carbonyl (C=O) groups is 2. The van der Waals surface area contributed by atoms with Gasteiger partial charge in [0, 0.05) is 11.4 Å². The number of hydrogen-bond donors (Lipinski definition) is 2. The van der Waals surface area contributed by atoms with E-state index in [-0.39, 0.29) is 22.9 Å². The number of hydrogen-bond acceptors (Lipinski definition) is 5. The Labute approximate surface area is 197 Å². The lowest BCUT2D eigenvalue weighted by molar-refractivity contribution is -0.121. The van der Waals surface area contributed by atoms with E-state index in [1.807, 2.05) is 26.0 Å². The quantitative estimate of drug-likeness (QED) is 0.512. The molecule has 7 nitrogen and oxygen atoms in total. The fourth-order valence-electron chi connectivity index (χ4n) is 3.87. The van der Waals surface area contributed by atoms with Crippen LogP contribution >= 0.6 is 0 Å². The zero-order chi connectivity index (χ0) is 24.6. The SMILES string of the molecule is Cc1ccc(C)c(N2C(=O)CC(Nc3ccc(C)c(S(=O)(=O)Nc4ccc(F)cc4)c3)C2=O)c1. The molecule has 9 heteroatoms. The molecular weight excluding hydrogens is 457 g/mol. The average molecular weight is 482 g/mol. The van der Waals surface area contributed by atoms with Gasteiger partial charge >= 0.3 is 0 Å². The van der Waals surface area contributed by atoms with Gasteiger partial charge in [-0.2, -0.15) is 0 Å². The van der Waals surface area contributed by atoms with E-state index < -0.39 is 27.8 Å². The minimum atomic E-state index is -3.98. The average Bonchev–Trinajstić information content (AvgIpc) is 3.05. The van der Waals surface area contributed by atoms with E-state index in [2.05, 4.69) is 10.0 Å². The van der Waals surface area contributed by atoms with Crippen molar-refractivity contribution in [3.63, 3.8) is 0 Å². The van der Waals surface area contributed by atoms with Crippen LogP contribution in [-0.2, 0) is 19.6 Å². The first-order valence-electron chi connectivity index (χ1n) is 10.6. The molecule has 0 saturated carbocycles. The highest BCUT2D eigenvalue weighted by molar-refractivity contribution is 7.92. The molecule has 1 unspecified atom stereocenters. The molecule has 3 aromatic carbocycles. The van der Waals surface area contributed by atoms with Crippen LogP contribution < -0.4 is 14.9 Å². The monoisotopic (exact) mass is 481 g/mol. The predicted octanol–water partition coefficient (Wildman–Crippen LogP) is 4.30. The van der Waals surface area contributed by atoms with Crippen molar-refractivity contribution in [2.24, 2.45) is 0 Å². The molecule has 3 aromatic rings. The molecule has 0 radical (unpaired) electrons. The highest BCUT2D eigenvalue weighted by Gasteiger charge is 2.40. The third kappa shape index (κ3) is 4.65. The summed E-state index contributed by atoms with van der Waals surface area (Å²) in [4.78, 5) is 27.0. The molecule has 0 bridgehead atoms. The number of imide groups is 1. The summed E-state index contributed by atoms with van der Waals surface area (Å²) in [5.74, 6) is -1.20. The molecule has 1 aliphatic heterocycles. The zero-order valence-electron chi connectivity index (χ0n) is 18.9. The van der Waals surface area contributed by atoms with Gasteiger partial charge in [0.1, 0.15) is 11.9 Å². The Kier molecular flexibility index (Phi) is 6.14. The molecule has 2 N–H and O–H groups in total. The van der Waals surface area contributed by atoms with E-state index >= 15 is 0 Å². The molecule has 1 aliphatic rings. The summed E-state index contributed by atoms with van der Waals surface area (Å²) < 4.78 is 41.5. The van der Waals surface area contributed by atoms with Gasteiger partial charge in [-0.1, -0.05) is 18.2 Å². The van der Waals surface area contributed by atoms with Crippen LogP contribution in [0.25, 0.3) is 0 Å². The molecule has 1 fully saturated rings. The maximum atomic E-state index is 13.1. The Bertz CT molecular complexity index is 1390. The van der Waals surface area contributed by atoms with Crippen LogP contribution in [0.4, 0.5) is 21.5 Å². The number of aryl methyl sites for hydroxylation is 3. The molecule has 34 heavy (non-hydrogen) atoms. The third-order valence-electron chi connectivity index (χ3n) is 5.67. The summed E-state index contributed by atoms with van der Waals surface area (Å²) in [5.41, 5.74) is 3.39. The summed E-state index contributed by atoms with van der Waals surface area (Å²) in [7, 11) is -3.98. The summed E-state index contributed by atoms with van der Waals surface area (Å²) >= 11 is 0. The standard InChI is InChI=1S/C25H24FN3O4S/c1-15-4-5-16(2)22(12-15)29-24(30)14-21(25(29)31)27-20-9-6-17(3)23(13-20)34(32,33)28-19-10-7-18(26)8-11-19/h4-13,21,27-28H,14H2,1-3H3. The van der Waals surface area contributed by atoms with Crippen molar-refractivity contribution >= 4 is 38.9 Å². The van der Waals surface area contributed by atoms with Gasteiger partial charge in [0.05, 0.1) is 17.0 Å².